The second-order valence-corrected chi connectivity index (χ2v) is 3.59. The highest BCUT2D eigenvalue weighted by atomic mass is 15.0. The minimum absolute atomic E-state index is 0.314. The Kier molecular flexibility index (Phi) is 1.30. The third kappa shape index (κ3) is 1.26. The topological polar surface area (TPSA) is 12.0 Å². The van der Waals surface area contributed by atoms with Crippen molar-refractivity contribution in [1.29, 1.82) is 0 Å². The van der Waals surface area contributed by atoms with E-state index in [4.69, 9.17) is 0 Å². The minimum atomic E-state index is 0.314. The fourth-order valence-corrected chi connectivity index (χ4v) is 1.45. The Morgan fingerprint density at radius 1 is 1.33 bits per heavy atom. The lowest BCUT2D eigenvalue weighted by molar-refractivity contribution is 0.463. The van der Waals surface area contributed by atoms with Gasteiger partial charge in [-0.25, -0.2) is 0 Å². The van der Waals surface area contributed by atoms with Crippen LogP contribution in [0, 0.1) is 0 Å². The predicted molar refractivity (Wildman–Crippen MR) is 40.2 cm³/mol. The molecule has 0 radical (unpaired) electrons. The molecule has 1 nitrogen and oxygen atoms in total. The van der Waals surface area contributed by atoms with Crippen LogP contribution in [0.1, 0.15) is 34.1 Å². The molecule has 1 heteroatoms. The summed E-state index contributed by atoms with van der Waals surface area (Å²) in [5.41, 5.74) is 3.17. The van der Waals surface area contributed by atoms with Crippen LogP contribution >= 0.6 is 0 Å². The van der Waals surface area contributed by atoms with E-state index < -0.39 is 0 Å². The number of hydrogen-bond acceptors (Lipinski definition) is 1. The summed E-state index contributed by atoms with van der Waals surface area (Å²) in [5, 5.41) is 3.42. The first-order valence-corrected chi connectivity index (χ1v) is 3.46. The monoisotopic (exact) mass is 125 g/mol. The second-order valence-electron chi connectivity index (χ2n) is 3.59. The van der Waals surface area contributed by atoms with Gasteiger partial charge in [-0.2, -0.15) is 0 Å². The van der Waals surface area contributed by atoms with Crippen LogP contribution in [0.15, 0.2) is 11.3 Å². The zero-order chi connectivity index (χ0) is 7.07. The fourth-order valence-electron chi connectivity index (χ4n) is 1.45. The van der Waals surface area contributed by atoms with Crippen molar-refractivity contribution in [2.45, 2.75) is 39.7 Å². The van der Waals surface area contributed by atoms with Gasteiger partial charge in [0.25, 0.3) is 0 Å². The molecule has 0 saturated heterocycles. The van der Waals surface area contributed by atoms with Crippen LogP contribution in [0.2, 0.25) is 0 Å². The van der Waals surface area contributed by atoms with Gasteiger partial charge in [0.05, 0.1) is 0 Å². The summed E-state index contributed by atoms with van der Waals surface area (Å²) in [7, 11) is 0. The van der Waals surface area contributed by atoms with Crippen LogP contribution in [0.5, 0.6) is 0 Å². The fraction of sp³-hybridized carbons (Fsp3) is 0.750. The molecule has 9 heavy (non-hydrogen) atoms. The van der Waals surface area contributed by atoms with E-state index in [1.165, 1.54) is 17.7 Å². The highest BCUT2D eigenvalue weighted by Gasteiger charge is 2.24. The van der Waals surface area contributed by atoms with Crippen LogP contribution in [0.4, 0.5) is 0 Å². The van der Waals surface area contributed by atoms with Gasteiger partial charge in [-0.3, -0.25) is 0 Å². The molecule has 0 unspecified atom stereocenters. The Labute approximate surface area is 57.1 Å². The molecule has 1 N–H and O–H groups in total. The maximum atomic E-state index is 3.42. The Hall–Kier alpha value is -0.460. The molecule has 52 valence electrons. The van der Waals surface area contributed by atoms with E-state index in [-0.39, 0.29) is 0 Å². The zero-order valence-corrected chi connectivity index (χ0v) is 6.71. The molecule has 1 aliphatic heterocycles. The van der Waals surface area contributed by atoms with Crippen LogP contribution in [0.25, 0.3) is 0 Å². The highest BCUT2D eigenvalue weighted by Crippen LogP contribution is 2.25. The molecular formula is C8H15N. The average Bonchev–Trinajstić information content (AvgIpc) is 1.79. The largest absolute Gasteiger partial charge is 0.383 e. The van der Waals surface area contributed by atoms with E-state index in [1.807, 2.05) is 0 Å². The normalized spacial score (nSPS) is 24.4. The van der Waals surface area contributed by atoms with E-state index in [0.29, 0.717) is 5.54 Å². The van der Waals surface area contributed by atoms with E-state index in [2.05, 4.69) is 33.0 Å². The first kappa shape index (κ1) is 6.66. The van der Waals surface area contributed by atoms with Crippen molar-refractivity contribution in [3.05, 3.63) is 11.3 Å². The molecule has 0 amide bonds. The van der Waals surface area contributed by atoms with E-state index >= 15 is 0 Å². The van der Waals surface area contributed by atoms with Crippen molar-refractivity contribution in [2.24, 2.45) is 0 Å². The van der Waals surface area contributed by atoms with Crippen molar-refractivity contribution < 1.29 is 0 Å². The van der Waals surface area contributed by atoms with Crippen molar-refractivity contribution >= 4 is 0 Å². The van der Waals surface area contributed by atoms with Crippen molar-refractivity contribution in [3.8, 4) is 0 Å². The molecule has 0 atom stereocenters. The first-order chi connectivity index (χ1) is 4.01. The third-order valence-electron chi connectivity index (χ3n) is 1.87. The van der Waals surface area contributed by atoms with Crippen LogP contribution < -0.4 is 5.32 Å². The number of hydrogen-bond donors (Lipinski definition) is 1. The smallest absolute Gasteiger partial charge is 0.0352 e. The molecule has 0 aromatic heterocycles. The summed E-state index contributed by atoms with van der Waals surface area (Å²) in [4.78, 5) is 0. The molecule has 0 aliphatic carbocycles. The molecule has 0 aromatic carbocycles. The van der Waals surface area contributed by atoms with Crippen molar-refractivity contribution in [2.75, 3.05) is 0 Å². The Morgan fingerprint density at radius 3 is 2.00 bits per heavy atom. The molecule has 1 rings (SSSR count). The maximum absolute atomic E-state index is 3.42. The highest BCUT2D eigenvalue weighted by molar-refractivity contribution is 5.19. The number of nitrogens with one attached hydrogen (secondary N) is 1. The van der Waals surface area contributed by atoms with Crippen molar-refractivity contribution in [1.82, 2.24) is 5.32 Å². The van der Waals surface area contributed by atoms with Gasteiger partial charge in [0.1, 0.15) is 0 Å². The summed E-state index contributed by atoms with van der Waals surface area (Å²) < 4.78 is 0. The Morgan fingerprint density at radius 2 is 1.89 bits per heavy atom. The van der Waals surface area contributed by atoms with Gasteiger partial charge in [-0.1, -0.05) is 5.57 Å². The van der Waals surface area contributed by atoms with Gasteiger partial charge in [0.2, 0.25) is 0 Å². The lowest BCUT2D eigenvalue weighted by Crippen LogP contribution is -2.32. The third-order valence-corrected chi connectivity index (χ3v) is 1.87. The predicted octanol–water partition coefficient (Wildman–Crippen LogP) is 2.05. The zero-order valence-electron chi connectivity index (χ0n) is 6.71. The summed E-state index contributed by atoms with van der Waals surface area (Å²) in [6, 6.07) is 0. The average molecular weight is 125 g/mol. The van der Waals surface area contributed by atoms with Gasteiger partial charge in [0, 0.05) is 11.2 Å². The quantitative estimate of drug-likeness (QED) is 0.522. The Balaban J connectivity index is 2.70. The van der Waals surface area contributed by atoms with Crippen LogP contribution in [-0.2, 0) is 0 Å². The second kappa shape index (κ2) is 1.76. The molecule has 0 spiro atoms. The van der Waals surface area contributed by atoms with Gasteiger partial charge >= 0.3 is 0 Å². The van der Waals surface area contributed by atoms with Crippen LogP contribution in [0.3, 0.4) is 0 Å². The maximum Gasteiger partial charge on any atom is 0.0352 e. The minimum Gasteiger partial charge on any atom is -0.383 e. The first-order valence-electron chi connectivity index (χ1n) is 3.46. The molecular weight excluding hydrogens is 110 g/mol. The van der Waals surface area contributed by atoms with E-state index in [0.717, 1.165) is 0 Å². The molecule has 1 heterocycles. The van der Waals surface area contributed by atoms with Crippen LogP contribution in [-0.4, -0.2) is 5.54 Å². The van der Waals surface area contributed by atoms with E-state index in [9.17, 15) is 0 Å². The SMILES string of the molecule is CC1=C(C)NC(C)(C)C1. The number of allylic oxidation sites excluding steroid dienone is 1. The lowest BCUT2D eigenvalue weighted by Gasteiger charge is -2.19. The molecule has 0 bridgehead atoms. The summed E-state index contributed by atoms with van der Waals surface area (Å²) in [5.74, 6) is 0. The summed E-state index contributed by atoms with van der Waals surface area (Å²) in [6.45, 7) is 8.79. The van der Waals surface area contributed by atoms with Crippen molar-refractivity contribution in [3.63, 3.8) is 0 Å². The number of rotatable bonds is 0. The molecule has 1 aliphatic rings. The Bertz CT molecular complexity index is 138. The molecule has 0 aromatic rings. The van der Waals surface area contributed by atoms with Gasteiger partial charge in [-0.15, -0.1) is 0 Å². The van der Waals surface area contributed by atoms with E-state index in [1.54, 1.807) is 0 Å². The van der Waals surface area contributed by atoms with Gasteiger partial charge < -0.3 is 5.32 Å². The van der Waals surface area contributed by atoms with Gasteiger partial charge in [0.15, 0.2) is 0 Å². The summed E-state index contributed by atoms with van der Waals surface area (Å²) in [6.07, 6.45) is 1.19. The molecule has 0 saturated carbocycles. The lowest BCUT2D eigenvalue weighted by atomic mass is 10.0. The standard InChI is InChI=1S/C8H15N/c1-6-5-8(3,4)9-7(6)2/h9H,5H2,1-4H3. The molecule has 0 fully saturated rings. The van der Waals surface area contributed by atoms with Gasteiger partial charge in [-0.05, 0) is 34.1 Å². The summed E-state index contributed by atoms with van der Waals surface area (Å²) >= 11 is 0.